The van der Waals surface area contributed by atoms with Crippen LogP contribution >= 0.6 is 0 Å². The molecule has 268 valence electrons. The number of hydrogen-bond acceptors (Lipinski definition) is 6. The van der Waals surface area contributed by atoms with Crippen LogP contribution in [0.25, 0.3) is 0 Å². The molecule has 6 heteroatoms. The topological polar surface area (TPSA) is 71.1 Å². The second-order valence-electron chi connectivity index (χ2n) is 16.5. The van der Waals surface area contributed by atoms with Gasteiger partial charge >= 0.3 is 11.9 Å². The molecule has 47 heavy (non-hydrogen) atoms. The van der Waals surface area contributed by atoms with E-state index in [0.717, 1.165) is 76.0 Å². The van der Waals surface area contributed by atoms with Crippen molar-refractivity contribution < 1.29 is 28.5 Å². The summed E-state index contributed by atoms with van der Waals surface area (Å²) in [6.45, 7) is 13.9. The molecule has 5 fully saturated rings. The Balaban J connectivity index is 1.20. The molecular weight excluding hydrogens is 588 g/mol. The van der Waals surface area contributed by atoms with E-state index in [1.807, 2.05) is 0 Å². The lowest BCUT2D eigenvalue weighted by Crippen LogP contribution is -2.50. The fourth-order valence-electron chi connectivity index (χ4n) is 11.0. The molecule has 1 aliphatic heterocycles. The van der Waals surface area contributed by atoms with E-state index in [-0.39, 0.29) is 42.3 Å². The standard InChI is InChI=1S/C41H68O6/c1-6-9-13-34(27(4)5)39-36(7-2)44-25-33(26-45-37-24-21-30-12-10-11-14-35(30)40(37)39)47-41(43)31-17-15-28(16-18-31)29-19-22-32(23-20-29)46-38(42)8-3/h8,27-37,39-40H,3,6-7,9-26H2,1-2,4-5H3. The van der Waals surface area contributed by atoms with E-state index in [9.17, 15) is 9.59 Å². The van der Waals surface area contributed by atoms with Crippen LogP contribution in [0.15, 0.2) is 12.7 Å². The Labute approximate surface area is 286 Å². The van der Waals surface area contributed by atoms with Crippen molar-refractivity contribution in [1.82, 2.24) is 0 Å². The summed E-state index contributed by atoms with van der Waals surface area (Å²) in [7, 11) is 0. The number of hydrogen-bond donors (Lipinski definition) is 0. The number of fused-ring (bicyclic) bond motifs is 3. The van der Waals surface area contributed by atoms with Gasteiger partial charge in [-0.1, -0.05) is 66.4 Å². The third-order valence-corrected chi connectivity index (χ3v) is 13.4. The first-order valence-electron chi connectivity index (χ1n) is 20.1. The third-order valence-electron chi connectivity index (χ3n) is 13.4. The van der Waals surface area contributed by atoms with E-state index in [4.69, 9.17) is 18.9 Å². The zero-order valence-electron chi connectivity index (χ0n) is 30.4. The van der Waals surface area contributed by atoms with Crippen molar-refractivity contribution in [3.8, 4) is 0 Å². The summed E-state index contributed by atoms with van der Waals surface area (Å²) in [5, 5.41) is 0. The van der Waals surface area contributed by atoms with Gasteiger partial charge in [-0.2, -0.15) is 0 Å². The molecule has 8 unspecified atom stereocenters. The van der Waals surface area contributed by atoms with Crippen molar-refractivity contribution in [2.24, 2.45) is 53.3 Å². The van der Waals surface area contributed by atoms with Crippen molar-refractivity contribution in [2.45, 2.75) is 168 Å². The Kier molecular flexibility index (Phi) is 14.1. The maximum absolute atomic E-state index is 13.6. The molecule has 0 radical (unpaired) electrons. The van der Waals surface area contributed by atoms with Crippen molar-refractivity contribution in [3.63, 3.8) is 0 Å². The predicted octanol–water partition coefficient (Wildman–Crippen LogP) is 9.48. The molecule has 5 rings (SSSR count). The van der Waals surface area contributed by atoms with Gasteiger partial charge in [-0.25, -0.2) is 4.79 Å². The zero-order chi connectivity index (χ0) is 33.3. The molecule has 5 aliphatic rings. The molecule has 0 bridgehead atoms. The van der Waals surface area contributed by atoms with Gasteiger partial charge in [0.1, 0.15) is 12.2 Å². The van der Waals surface area contributed by atoms with Crippen LogP contribution in [0.3, 0.4) is 0 Å². The van der Waals surface area contributed by atoms with Crippen LogP contribution in [0.2, 0.25) is 0 Å². The minimum absolute atomic E-state index is 0.0247. The summed E-state index contributed by atoms with van der Waals surface area (Å²) >= 11 is 0. The molecular formula is C41H68O6. The van der Waals surface area contributed by atoms with Crippen LogP contribution in [0.5, 0.6) is 0 Å². The Morgan fingerprint density at radius 1 is 0.787 bits per heavy atom. The van der Waals surface area contributed by atoms with Gasteiger partial charge in [0.05, 0.1) is 31.3 Å². The summed E-state index contributed by atoms with van der Waals surface area (Å²) in [5.74, 6) is 4.79. The molecule has 0 aromatic carbocycles. The third kappa shape index (κ3) is 9.44. The summed E-state index contributed by atoms with van der Waals surface area (Å²) in [5.41, 5.74) is 0. The second kappa shape index (κ2) is 18.0. The molecule has 4 aliphatic carbocycles. The number of esters is 2. The minimum atomic E-state index is -0.334. The fourth-order valence-corrected chi connectivity index (χ4v) is 11.0. The molecule has 0 spiro atoms. The minimum Gasteiger partial charge on any atom is -0.459 e. The van der Waals surface area contributed by atoms with Crippen LogP contribution in [-0.4, -0.2) is 49.6 Å². The lowest BCUT2D eigenvalue weighted by molar-refractivity contribution is -0.165. The smallest absolute Gasteiger partial charge is 0.330 e. The lowest BCUT2D eigenvalue weighted by atomic mass is 9.56. The molecule has 1 saturated heterocycles. The highest BCUT2D eigenvalue weighted by atomic mass is 16.6. The largest absolute Gasteiger partial charge is 0.459 e. The highest BCUT2D eigenvalue weighted by Crippen LogP contribution is 2.52. The Morgan fingerprint density at radius 3 is 2.11 bits per heavy atom. The number of unbranched alkanes of at least 4 members (excludes halogenated alkanes) is 1. The highest BCUT2D eigenvalue weighted by Gasteiger charge is 2.50. The van der Waals surface area contributed by atoms with E-state index < -0.39 is 0 Å². The van der Waals surface area contributed by atoms with Crippen LogP contribution in [0, 0.1) is 53.3 Å². The van der Waals surface area contributed by atoms with Gasteiger partial charge in [0.15, 0.2) is 0 Å². The zero-order valence-corrected chi connectivity index (χ0v) is 30.4. The van der Waals surface area contributed by atoms with Gasteiger partial charge in [-0.3, -0.25) is 4.79 Å². The summed E-state index contributed by atoms with van der Waals surface area (Å²) in [6, 6.07) is 0. The first-order valence-corrected chi connectivity index (χ1v) is 20.1. The van der Waals surface area contributed by atoms with Gasteiger partial charge in [0.2, 0.25) is 0 Å². The first kappa shape index (κ1) is 36.9. The Hall–Kier alpha value is -1.40. The average molecular weight is 657 g/mol. The maximum atomic E-state index is 13.6. The van der Waals surface area contributed by atoms with Crippen LogP contribution in [0.1, 0.15) is 143 Å². The molecule has 0 aromatic heterocycles. The van der Waals surface area contributed by atoms with Crippen LogP contribution in [-0.2, 0) is 28.5 Å². The summed E-state index contributed by atoms with van der Waals surface area (Å²) < 4.78 is 25.6. The normalized spacial score (nSPS) is 38.9. The van der Waals surface area contributed by atoms with E-state index in [1.54, 1.807) is 0 Å². The van der Waals surface area contributed by atoms with Crippen LogP contribution < -0.4 is 0 Å². The molecule has 0 aromatic rings. The molecule has 6 nitrogen and oxygen atoms in total. The molecule has 8 atom stereocenters. The predicted molar refractivity (Wildman–Crippen MR) is 187 cm³/mol. The van der Waals surface area contributed by atoms with Crippen molar-refractivity contribution in [1.29, 1.82) is 0 Å². The first-order chi connectivity index (χ1) is 22.8. The monoisotopic (exact) mass is 657 g/mol. The number of carbonyl (C=O) groups is 2. The molecule has 1 heterocycles. The van der Waals surface area contributed by atoms with E-state index in [2.05, 4.69) is 34.3 Å². The molecule has 4 saturated carbocycles. The quantitative estimate of drug-likeness (QED) is 0.163. The van der Waals surface area contributed by atoms with E-state index >= 15 is 0 Å². The van der Waals surface area contributed by atoms with Crippen molar-refractivity contribution >= 4 is 11.9 Å². The van der Waals surface area contributed by atoms with E-state index in [1.165, 1.54) is 57.4 Å². The maximum Gasteiger partial charge on any atom is 0.330 e. The lowest BCUT2D eigenvalue weighted by Gasteiger charge is -2.52. The number of rotatable bonds is 11. The summed E-state index contributed by atoms with van der Waals surface area (Å²) in [4.78, 5) is 25.2. The number of ether oxygens (including phenoxy) is 4. The SMILES string of the molecule is C=CC(=O)OC1CCC(C2CCC(C(=O)OC3COC(CC)C(C(CCCC)C(C)C)C4C(CCC5CCCCC54)OC3)CC2)CC1. The molecule has 0 amide bonds. The van der Waals surface area contributed by atoms with Gasteiger partial charge < -0.3 is 18.9 Å². The van der Waals surface area contributed by atoms with E-state index in [0.29, 0.717) is 48.7 Å². The summed E-state index contributed by atoms with van der Waals surface area (Å²) in [6.07, 6.45) is 22.1. The Morgan fingerprint density at radius 2 is 1.45 bits per heavy atom. The molecule has 0 N–H and O–H groups in total. The van der Waals surface area contributed by atoms with Gasteiger partial charge in [0, 0.05) is 6.08 Å². The van der Waals surface area contributed by atoms with Crippen LogP contribution in [0.4, 0.5) is 0 Å². The Bertz CT molecular complexity index is 978. The van der Waals surface area contributed by atoms with Gasteiger partial charge in [-0.15, -0.1) is 0 Å². The average Bonchev–Trinajstić information content (AvgIpc) is 3.16. The fraction of sp³-hybridized carbons (Fsp3) is 0.902. The number of carbonyl (C=O) groups excluding carboxylic acids is 2. The second-order valence-corrected chi connectivity index (χ2v) is 16.5. The van der Waals surface area contributed by atoms with Gasteiger partial charge in [0.25, 0.3) is 0 Å². The van der Waals surface area contributed by atoms with Gasteiger partial charge in [-0.05, 0) is 131 Å². The van der Waals surface area contributed by atoms with Crippen molar-refractivity contribution in [3.05, 3.63) is 12.7 Å². The highest BCUT2D eigenvalue weighted by molar-refractivity contribution is 5.81. The van der Waals surface area contributed by atoms with Crippen molar-refractivity contribution in [2.75, 3.05) is 13.2 Å².